The summed E-state index contributed by atoms with van der Waals surface area (Å²) in [5, 5.41) is 9.71. The van der Waals surface area contributed by atoms with E-state index in [0.29, 0.717) is 13.0 Å². The molecule has 0 bridgehead atoms. The van der Waals surface area contributed by atoms with Crippen LogP contribution in [0.2, 0.25) is 0 Å². The van der Waals surface area contributed by atoms with Crippen molar-refractivity contribution in [2.75, 3.05) is 6.61 Å². The lowest BCUT2D eigenvalue weighted by atomic mass is 10.0. The van der Waals surface area contributed by atoms with E-state index in [2.05, 4.69) is 0 Å². The Balaban J connectivity index is 2.01. The molecular formula is C18H25NO4. The first-order valence-electron chi connectivity index (χ1n) is 7.85. The average molecular weight is 319 g/mol. The van der Waals surface area contributed by atoms with E-state index in [9.17, 15) is 9.90 Å². The second kappa shape index (κ2) is 7.62. The van der Waals surface area contributed by atoms with Crippen molar-refractivity contribution in [1.29, 1.82) is 0 Å². The molecule has 5 heteroatoms. The largest absolute Gasteiger partial charge is 0.443 e. The van der Waals surface area contributed by atoms with Crippen LogP contribution in [0.1, 0.15) is 32.8 Å². The van der Waals surface area contributed by atoms with Crippen LogP contribution in [0.3, 0.4) is 0 Å². The highest BCUT2D eigenvalue weighted by molar-refractivity contribution is 5.70. The van der Waals surface area contributed by atoms with E-state index >= 15 is 0 Å². The molecule has 2 atom stereocenters. The molecule has 0 saturated carbocycles. The molecule has 1 amide bonds. The lowest BCUT2D eigenvalue weighted by molar-refractivity contribution is -0.0431. The molecule has 5 nitrogen and oxygen atoms in total. The lowest BCUT2D eigenvalue weighted by Gasteiger charge is -2.37. The first-order valence-corrected chi connectivity index (χ1v) is 7.85. The van der Waals surface area contributed by atoms with Crippen molar-refractivity contribution < 1.29 is 19.4 Å². The van der Waals surface area contributed by atoms with Gasteiger partial charge in [-0.25, -0.2) is 4.79 Å². The van der Waals surface area contributed by atoms with Crippen LogP contribution in [-0.4, -0.2) is 40.5 Å². The van der Waals surface area contributed by atoms with Crippen LogP contribution in [0, 0.1) is 0 Å². The molecule has 126 valence electrons. The predicted molar refractivity (Wildman–Crippen MR) is 87.7 cm³/mol. The molecule has 23 heavy (non-hydrogen) atoms. The topological polar surface area (TPSA) is 59.0 Å². The van der Waals surface area contributed by atoms with E-state index in [0.717, 1.165) is 5.56 Å². The molecule has 1 aromatic carbocycles. The monoisotopic (exact) mass is 319 g/mol. The normalized spacial score (nSPS) is 21.3. The first kappa shape index (κ1) is 17.5. The van der Waals surface area contributed by atoms with Gasteiger partial charge in [-0.05, 0) is 32.8 Å². The minimum atomic E-state index is -0.581. The van der Waals surface area contributed by atoms with Crippen LogP contribution in [0.4, 0.5) is 4.79 Å². The van der Waals surface area contributed by atoms with Gasteiger partial charge in [0.1, 0.15) is 5.60 Å². The van der Waals surface area contributed by atoms with Gasteiger partial charge in [0.15, 0.2) is 0 Å². The van der Waals surface area contributed by atoms with Gasteiger partial charge in [0.2, 0.25) is 0 Å². The summed E-state index contributed by atoms with van der Waals surface area (Å²) in [6, 6.07) is 9.38. The highest BCUT2D eigenvalue weighted by Crippen LogP contribution is 2.22. The Bertz CT molecular complexity index is 536. The molecule has 1 N–H and O–H groups in total. The Morgan fingerprint density at radius 1 is 1.30 bits per heavy atom. The zero-order valence-corrected chi connectivity index (χ0v) is 13.9. The first-order chi connectivity index (χ1) is 10.9. The third-order valence-electron chi connectivity index (χ3n) is 3.52. The summed E-state index contributed by atoms with van der Waals surface area (Å²) in [4.78, 5) is 13.7. The summed E-state index contributed by atoms with van der Waals surface area (Å²) in [5.74, 6) is 0. The van der Waals surface area contributed by atoms with Gasteiger partial charge in [0.05, 0.1) is 25.4 Å². The van der Waals surface area contributed by atoms with Crippen LogP contribution in [0.25, 0.3) is 0 Å². The minimum absolute atomic E-state index is 0.178. The van der Waals surface area contributed by atoms with E-state index in [1.807, 2.05) is 57.2 Å². The minimum Gasteiger partial charge on any atom is -0.443 e. The molecule has 0 spiro atoms. The summed E-state index contributed by atoms with van der Waals surface area (Å²) in [6.07, 6.45) is 3.44. The maximum atomic E-state index is 12.3. The molecule has 0 unspecified atom stereocenters. The molecule has 1 heterocycles. The molecule has 0 aliphatic carbocycles. The van der Waals surface area contributed by atoms with Crippen LogP contribution < -0.4 is 0 Å². The van der Waals surface area contributed by atoms with Gasteiger partial charge in [-0.2, -0.15) is 0 Å². The number of amides is 1. The van der Waals surface area contributed by atoms with Crippen LogP contribution in [0.5, 0.6) is 0 Å². The summed E-state index contributed by atoms with van der Waals surface area (Å²) in [6.45, 7) is 5.71. The molecule has 0 radical (unpaired) electrons. The Morgan fingerprint density at radius 2 is 2.00 bits per heavy atom. The predicted octanol–water partition coefficient (Wildman–Crippen LogP) is 3.09. The van der Waals surface area contributed by atoms with Crippen LogP contribution in [-0.2, 0) is 16.1 Å². The third-order valence-corrected chi connectivity index (χ3v) is 3.52. The molecular weight excluding hydrogens is 294 g/mol. The Kier molecular flexibility index (Phi) is 5.80. The van der Waals surface area contributed by atoms with Crippen molar-refractivity contribution in [1.82, 2.24) is 4.90 Å². The molecule has 1 aliphatic heterocycles. The fourth-order valence-corrected chi connectivity index (χ4v) is 2.43. The quantitative estimate of drug-likeness (QED) is 0.926. The second-order valence-electron chi connectivity index (χ2n) is 6.59. The summed E-state index contributed by atoms with van der Waals surface area (Å²) < 4.78 is 11.3. The average Bonchev–Trinajstić information content (AvgIpc) is 2.51. The number of carbonyl (C=O) groups is 1. The molecule has 0 aromatic heterocycles. The van der Waals surface area contributed by atoms with Crippen molar-refractivity contribution in [3.63, 3.8) is 0 Å². The lowest BCUT2D eigenvalue weighted by Crippen LogP contribution is -2.50. The standard InChI is InChI=1S/C18H25NO4/c1-18(2,3)23-17(21)19-11-7-10-16(15(19)12-20)22-13-14-8-5-4-6-9-14/h4-9,11,15-16,20H,10,12-13H2,1-3H3/t15-,16+/m0/s1. The van der Waals surface area contributed by atoms with Crippen LogP contribution >= 0.6 is 0 Å². The van der Waals surface area contributed by atoms with Crippen molar-refractivity contribution in [2.24, 2.45) is 0 Å². The number of aliphatic hydroxyl groups excluding tert-OH is 1. The van der Waals surface area contributed by atoms with Crippen molar-refractivity contribution in [2.45, 2.75) is 51.5 Å². The second-order valence-corrected chi connectivity index (χ2v) is 6.59. The number of rotatable bonds is 4. The molecule has 2 rings (SSSR count). The van der Waals surface area contributed by atoms with E-state index in [-0.39, 0.29) is 12.7 Å². The highest BCUT2D eigenvalue weighted by atomic mass is 16.6. The number of nitrogens with zero attached hydrogens (tertiary/aromatic N) is 1. The van der Waals surface area contributed by atoms with Crippen molar-refractivity contribution in [3.8, 4) is 0 Å². The Morgan fingerprint density at radius 3 is 2.61 bits per heavy atom. The fraction of sp³-hybridized carbons (Fsp3) is 0.500. The van der Waals surface area contributed by atoms with Gasteiger partial charge in [0, 0.05) is 6.20 Å². The van der Waals surface area contributed by atoms with Gasteiger partial charge in [-0.1, -0.05) is 36.4 Å². The summed E-state index contributed by atoms with van der Waals surface area (Å²) in [7, 11) is 0. The van der Waals surface area contributed by atoms with E-state index < -0.39 is 17.7 Å². The third kappa shape index (κ3) is 5.08. The number of hydrogen-bond acceptors (Lipinski definition) is 4. The van der Waals surface area contributed by atoms with Gasteiger partial charge in [-0.15, -0.1) is 0 Å². The maximum absolute atomic E-state index is 12.3. The van der Waals surface area contributed by atoms with Gasteiger partial charge in [0.25, 0.3) is 0 Å². The number of carbonyl (C=O) groups excluding carboxylic acids is 1. The Hall–Kier alpha value is -1.85. The molecule has 1 aliphatic rings. The summed E-state index contributed by atoms with van der Waals surface area (Å²) in [5.41, 5.74) is 0.477. The van der Waals surface area contributed by atoms with Crippen molar-refractivity contribution in [3.05, 3.63) is 48.2 Å². The molecule has 0 saturated heterocycles. The van der Waals surface area contributed by atoms with Crippen LogP contribution in [0.15, 0.2) is 42.6 Å². The summed E-state index contributed by atoms with van der Waals surface area (Å²) >= 11 is 0. The van der Waals surface area contributed by atoms with E-state index in [1.165, 1.54) is 4.90 Å². The SMILES string of the molecule is CC(C)(C)OC(=O)N1C=CC[C@@H](OCc2ccccc2)[C@@H]1CO. The molecule has 1 aromatic rings. The zero-order chi connectivity index (χ0) is 16.9. The zero-order valence-electron chi connectivity index (χ0n) is 13.9. The maximum Gasteiger partial charge on any atom is 0.414 e. The van der Waals surface area contributed by atoms with Crippen molar-refractivity contribution >= 4 is 6.09 Å². The van der Waals surface area contributed by atoms with E-state index in [1.54, 1.807) is 6.20 Å². The highest BCUT2D eigenvalue weighted by Gasteiger charge is 2.34. The number of benzene rings is 1. The Labute approximate surface area is 137 Å². The van der Waals surface area contributed by atoms with E-state index in [4.69, 9.17) is 9.47 Å². The fourth-order valence-electron chi connectivity index (χ4n) is 2.43. The van der Waals surface area contributed by atoms with Gasteiger partial charge < -0.3 is 14.6 Å². The number of ether oxygens (including phenoxy) is 2. The number of hydrogen-bond donors (Lipinski definition) is 1. The molecule has 0 fully saturated rings. The van der Waals surface area contributed by atoms with Gasteiger partial charge >= 0.3 is 6.09 Å². The number of aliphatic hydroxyl groups is 1. The smallest absolute Gasteiger partial charge is 0.414 e. The van der Waals surface area contributed by atoms with Gasteiger partial charge in [-0.3, -0.25) is 4.90 Å².